The minimum absolute atomic E-state index is 0.0897. The van der Waals surface area contributed by atoms with E-state index in [-0.39, 0.29) is 11.8 Å². The standard InChI is InChI=1S/C11H20N2O2/c1-3-5-7-11(15)13-9-6-8-12-10(14)4-2/h4H,2-3,5-9H2,1H3,(H,12,14)(H,13,15). The molecule has 2 N–H and O–H groups in total. The van der Waals surface area contributed by atoms with Crippen molar-refractivity contribution in [3.63, 3.8) is 0 Å². The van der Waals surface area contributed by atoms with Gasteiger partial charge >= 0.3 is 0 Å². The second-order valence-electron chi connectivity index (χ2n) is 3.30. The van der Waals surface area contributed by atoms with E-state index in [2.05, 4.69) is 24.1 Å². The summed E-state index contributed by atoms with van der Waals surface area (Å²) < 4.78 is 0. The van der Waals surface area contributed by atoms with Crippen LogP contribution in [-0.4, -0.2) is 24.9 Å². The maximum absolute atomic E-state index is 11.1. The first-order chi connectivity index (χ1) is 7.20. The molecule has 86 valence electrons. The summed E-state index contributed by atoms with van der Waals surface area (Å²) >= 11 is 0. The number of rotatable bonds is 8. The average molecular weight is 212 g/mol. The SMILES string of the molecule is C=CC(=O)NCCCNC(=O)CCCC. The molecule has 0 unspecified atom stereocenters. The third-order valence-corrected chi connectivity index (χ3v) is 1.92. The van der Waals surface area contributed by atoms with Gasteiger partial charge in [0.1, 0.15) is 0 Å². The molecule has 0 aromatic carbocycles. The van der Waals surface area contributed by atoms with Crippen molar-refractivity contribution in [2.75, 3.05) is 13.1 Å². The molecule has 0 aliphatic carbocycles. The van der Waals surface area contributed by atoms with E-state index in [1.165, 1.54) is 6.08 Å². The van der Waals surface area contributed by atoms with Gasteiger partial charge in [-0.2, -0.15) is 0 Å². The fourth-order valence-electron chi connectivity index (χ4n) is 1.03. The van der Waals surface area contributed by atoms with Crippen LogP contribution < -0.4 is 10.6 Å². The lowest BCUT2D eigenvalue weighted by Crippen LogP contribution is -2.28. The lowest BCUT2D eigenvalue weighted by Gasteiger charge is -2.04. The highest BCUT2D eigenvalue weighted by Crippen LogP contribution is 1.92. The van der Waals surface area contributed by atoms with E-state index >= 15 is 0 Å². The summed E-state index contributed by atoms with van der Waals surface area (Å²) in [4.78, 5) is 21.9. The molecule has 0 aromatic heterocycles. The fraction of sp³-hybridized carbons (Fsp3) is 0.636. The molecule has 0 radical (unpaired) electrons. The Hall–Kier alpha value is -1.32. The van der Waals surface area contributed by atoms with Crippen molar-refractivity contribution in [3.05, 3.63) is 12.7 Å². The van der Waals surface area contributed by atoms with Gasteiger partial charge < -0.3 is 10.6 Å². The Labute approximate surface area is 91.1 Å². The smallest absolute Gasteiger partial charge is 0.243 e. The number of hydrogen-bond acceptors (Lipinski definition) is 2. The Balaban J connectivity index is 3.27. The molecule has 0 aliphatic heterocycles. The molecule has 0 fully saturated rings. The largest absolute Gasteiger partial charge is 0.356 e. The van der Waals surface area contributed by atoms with Crippen LogP contribution in [0.4, 0.5) is 0 Å². The van der Waals surface area contributed by atoms with Gasteiger partial charge in [-0.15, -0.1) is 0 Å². The van der Waals surface area contributed by atoms with Crippen LogP contribution in [0.1, 0.15) is 32.6 Å². The zero-order valence-electron chi connectivity index (χ0n) is 9.34. The van der Waals surface area contributed by atoms with Crippen LogP contribution in [0.3, 0.4) is 0 Å². The highest BCUT2D eigenvalue weighted by atomic mass is 16.2. The predicted molar refractivity (Wildman–Crippen MR) is 60.4 cm³/mol. The Morgan fingerprint density at radius 1 is 1.20 bits per heavy atom. The van der Waals surface area contributed by atoms with Crippen molar-refractivity contribution < 1.29 is 9.59 Å². The Morgan fingerprint density at radius 3 is 2.47 bits per heavy atom. The fourth-order valence-corrected chi connectivity index (χ4v) is 1.03. The Kier molecular flexibility index (Phi) is 8.43. The van der Waals surface area contributed by atoms with E-state index in [1.54, 1.807) is 0 Å². The normalized spacial score (nSPS) is 9.40. The molecule has 4 nitrogen and oxygen atoms in total. The zero-order chi connectivity index (χ0) is 11.5. The highest BCUT2D eigenvalue weighted by molar-refractivity contribution is 5.86. The summed E-state index contributed by atoms with van der Waals surface area (Å²) in [6.45, 7) is 6.57. The van der Waals surface area contributed by atoms with E-state index in [0.717, 1.165) is 19.3 Å². The van der Waals surface area contributed by atoms with Crippen LogP contribution in [0.5, 0.6) is 0 Å². The molecule has 0 aliphatic rings. The van der Waals surface area contributed by atoms with Crippen molar-refractivity contribution in [2.45, 2.75) is 32.6 Å². The van der Waals surface area contributed by atoms with Gasteiger partial charge in [0.15, 0.2) is 0 Å². The van der Waals surface area contributed by atoms with Gasteiger partial charge in [0.2, 0.25) is 11.8 Å². The molecule has 0 atom stereocenters. The number of hydrogen-bond donors (Lipinski definition) is 2. The van der Waals surface area contributed by atoms with E-state index < -0.39 is 0 Å². The van der Waals surface area contributed by atoms with E-state index in [9.17, 15) is 9.59 Å². The molecule has 0 spiro atoms. The lowest BCUT2D eigenvalue weighted by molar-refractivity contribution is -0.121. The van der Waals surface area contributed by atoms with Crippen molar-refractivity contribution in [1.82, 2.24) is 10.6 Å². The van der Waals surface area contributed by atoms with Crippen molar-refractivity contribution >= 4 is 11.8 Å². The van der Waals surface area contributed by atoms with Crippen LogP contribution in [-0.2, 0) is 9.59 Å². The average Bonchev–Trinajstić information content (AvgIpc) is 2.25. The summed E-state index contributed by atoms with van der Waals surface area (Å²) in [5, 5.41) is 5.43. The van der Waals surface area contributed by atoms with Crippen LogP contribution in [0, 0.1) is 0 Å². The number of nitrogens with one attached hydrogen (secondary N) is 2. The molecule has 0 bridgehead atoms. The van der Waals surface area contributed by atoms with Crippen molar-refractivity contribution in [2.24, 2.45) is 0 Å². The van der Waals surface area contributed by atoms with E-state index in [1.807, 2.05) is 0 Å². The molecule has 2 amide bonds. The van der Waals surface area contributed by atoms with Crippen LogP contribution >= 0.6 is 0 Å². The van der Waals surface area contributed by atoms with Crippen LogP contribution in [0.2, 0.25) is 0 Å². The number of unbranched alkanes of at least 4 members (excludes halogenated alkanes) is 1. The number of amides is 2. The quantitative estimate of drug-likeness (QED) is 0.465. The first kappa shape index (κ1) is 13.7. The number of carbonyl (C=O) groups excluding carboxylic acids is 2. The van der Waals surface area contributed by atoms with E-state index in [4.69, 9.17) is 0 Å². The van der Waals surface area contributed by atoms with Crippen molar-refractivity contribution in [3.8, 4) is 0 Å². The highest BCUT2D eigenvalue weighted by Gasteiger charge is 1.98. The van der Waals surface area contributed by atoms with Crippen LogP contribution in [0.25, 0.3) is 0 Å². The summed E-state index contributed by atoms with van der Waals surface area (Å²) in [5.74, 6) is -0.0841. The number of carbonyl (C=O) groups is 2. The molecule has 0 rings (SSSR count). The Morgan fingerprint density at radius 2 is 1.87 bits per heavy atom. The predicted octanol–water partition coefficient (Wildman–Crippen LogP) is 0.985. The van der Waals surface area contributed by atoms with Gasteiger partial charge in [-0.05, 0) is 18.9 Å². The zero-order valence-corrected chi connectivity index (χ0v) is 9.34. The molecular formula is C11H20N2O2. The maximum atomic E-state index is 11.1. The summed E-state index contributed by atoms with van der Waals surface area (Å²) in [6.07, 6.45) is 4.54. The second-order valence-corrected chi connectivity index (χ2v) is 3.30. The molecular weight excluding hydrogens is 192 g/mol. The third-order valence-electron chi connectivity index (χ3n) is 1.92. The maximum Gasteiger partial charge on any atom is 0.243 e. The van der Waals surface area contributed by atoms with Gasteiger partial charge in [0.25, 0.3) is 0 Å². The summed E-state index contributed by atoms with van der Waals surface area (Å²) in [6, 6.07) is 0. The molecule has 0 saturated carbocycles. The van der Waals surface area contributed by atoms with Gasteiger partial charge in [-0.1, -0.05) is 19.9 Å². The monoisotopic (exact) mass is 212 g/mol. The lowest BCUT2D eigenvalue weighted by atomic mass is 10.2. The Bertz CT molecular complexity index is 215. The van der Waals surface area contributed by atoms with E-state index in [0.29, 0.717) is 19.5 Å². The second kappa shape index (κ2) is 9.24. The first-order valence-corrected chi connectivity index (χ1v) is 5.37. The van der Waals surface area contributed by atoms with Crippen LogP contribution in [0.15, 0.2) is 12.7 Å². The van der Waals surface area contributed by atoms with Gasteiger partial charge in [0, 0.05) is 19.5 Å². The molecule has 4 heteroatoms. The minimum Gasteiger partial charge on any atom is -0.356 e. The molecule has 0 aromatic rings. The summed E-state index contributed by atoms with van der Waals surface area (Å²) in [5.41, 5.74) is 0. The van der Waals surface area contributed by atoms with Gasteiger partial charge in [-0.25, -0.2) is 0 Å². The van der Waals surface area contributed by atoms with Gasteiger partial charge in [0.05, 0.1) is 0 Å². The van der Waals surface area contributed by atoms with Crippen molar-refractivity contribution in [1.29, 1.82) is 0 Å². The molecule has 0 saturated heterocycles. The molecule has 0 heterocycles. The summed E-state index contributed by atoms with van der Waals surface area (Å²) in [7, 11) is 0. The first-order valence-electron chi connectivity index (χ1n) is 5.37. The topological polar surface area (TPSA) is 58.2 Å². The minimum atomic E-state index is -0.174. The van der Waals surface area contributed by atoms with Gasteiger partial charge in [-0.3, -0.25) is 9.59 Å². The third kappa shape index (κ3) is 9.00. The molecule has 15 heavy (non-hydrogen) atoms.